The molecule has 0 fully saturated rings. The number of aryl methyl sites for hydroxylation is 1. The Hall–Kier alpha value is -1.03. The van der Waals surface area contributed by atoms with E-state index in [9.17, 15) is 8.42 Å². The minimum absolute atomic E-state index is 0.228. The van der Waals surface area contributed by atoms with Gasteiger partial charge in [-0.1, -0.05) is 19.8 Å². The Bertz CT molecular complexity index is 452. The maximum Gasteiger partial charge on any atom is 0.178 e. The van der Waals surface area contributed by atoms with Crippen molar-refractivity contribution in [2.75, 3.05) is 11.5 Å². The highest BCUT2D eigenvalue weighted by molar-refractivity contribution is 7.91. The number of rotatable bonds is 5. The monoisotopic (exact) mass is 241 g/mol. The zero-order chi connectivity index (χ0) is 12.2. The molecule has 0 aromatic heterocycles. The van der Waals surface area contributed by atoms with E-state index in [4.69, 9.17) is 5.73 Å². The Morgan fingerprint density at radius 3 is 2.50 bits per heavy atom. The molecule has 3 nitrogen and oxygen atoms in total. The van der Waals surface area contributed by atoms with Gasteiger partial charge >= 0.3 is 0 Å². The van der Waals surface area contributed by atoms with E-state index in [1.54, 1.807) is 25.1 Å². The van der Waals surface area contributed by atoms with Crippen molar-refractivity contribution in [3.05, 3.63) is 23.8 Å². The number of benzene rings is 1. The van der Waals surface area contributed by atoms with Gasteiger partial charge in [-0.15, -0.1) is 0 Å². The molecule has 0 aliphatic heterocycles. The summed E-state index contributed by atoms with van der Waals surface area (Å²) in [6.07, 6.45) is 2.70. The van der Waals surface area contributed by atoms with Crippen LogP contribution in [0, 0.1) is 6.92 Å². The van der Waals surface area contributed by atoms with Crippen molar-refractivity contribution in [2.45, 2.75) is 38.0 Å². The molecule has 0 heterocycles. The molecule has 90 valence electrons. The van der Waals surface area contributed by atoms with Crippen LogP contribution >= 0.6 is 0 Å². The number of anilines is 1. The smallest absolute Gasteiger partial charge is 0.178 e. The predicted molar refractivity (Wildman–Crippen MR) is 67.2 cm³/mol. The van der Waals surface area contributed by atoms with Crippen LogP contribution in [0.2, 0.25) is 0 Å². The first-order valence-corrected chi connectivity index (χ1v) is 7.21. The molecule has 2 N–H and O–H groups in total. The van der Waals surface area contributed by atoms with E-state index in [1.807, 2.05) is 0 Å². The molecule has 0 spiro atoms. The second-order valence-corrected chi connectivity index (χ2v) is 6.13. The first-order valence-electron chi connectivity index (χ1n) is 5.56. The number of nitrogen functional groups attached to an aromatic ring is 1. The highest BCUT2D eigenvalue weighted by atomic mass is 32.2. The van der Waals surface area contributed by atoms with E-state index in [2.05, 4.69) is 6.92 Å². The number of unbranched alkanes of at least 4 members (excludes halogenated alkanes) is 2. The summed E-state index contributed by atoms with van der Waals surface area (Å²) < 4.78 is 24.0. The van der Waals surface area contributed by atoms with E-state index in [-0.39, 0.29) is 5.75 Å². The lowest BCUT2D eigenvalue weighted by atomic mass is 10.2. The maximum absolute atomic E-state index is 12.0. The van der Waals surface area contributed by atoms with Crippen LogP contribution in [0.1, 0.15) is 31.7 Å². The third kappa shape index (κ3) is 3.23. The molecule has 0 atom stereocenters. The first-order chi connectivity index (χ1) is 7.47. The van der Waals surface area contributed by atoms with Crippen LogP contribution in [0.25, 0.3) is 0 Å². The Kier molecular flexibility index (Phi) is 4.35. The topological polar surface area (TPSA) is 60.2 Å². The summed E-state index contributed by atoms with van der Waals surface area (Å²) in [4.78, 5) is 0.415. The SMILES string of the molecule is CCCCCS(=O)(=O)c1ccc(N)cc1C. The van der Waals surface area contributed by atoms with E-state index in [0.29, 0.717) is 10.6 Å². The van der Waals surface area contributed by atoms with Gasteiger partial charge in [-0.2, -0.15) is 0 Å². The van der Waals surface area contributed by atoms with Crippen molar-refractivity contribution in [2.24, 2.45) is 0 Å². The Morgan fingerprint density at radius 1 is 1.25 bits per heavy atom. The minimum atomic E-state index is -3.14. The van der Waals surface area contributed by atoms with Crippen molar-refractivity contribution in [1.29, 1.82) is 0 Å². The van der Waals surface area contributed by atoms with Gasteiger partial charge in [-0.25, -0.2) is 8.42 Å². The predicted octanol–water partition coefficient (Wildman–Crippen LogP) is 2.54. The van der Waals surface area contributed by atoms with E-state index < -0.39 is 9.84 Å². The van der Waals surface area contributed by atoms with E-state index in [0.717, 1.165) is 24.8 Å². The largest absolute Gasteiger partial charge is 0.399 e. The summed E-state index contributed by atoms with van der Waals surface area (Å²) in [5, 5.41) is 0. The molecule has 0 amide bonds. The fraction of sp³-hybridized carbons (Fsp3) is 0.500. The molecule has 4 heteroatoms. The van der Waals surface area contributed by atoms with Crippen molar-refractivity contribution in [3.8, 4) is 0 Å². The molecule has 0 aliphatic carbocycles. The number of hydrogen-bond donors (Lipinski definition) is 1. The third-order valence-electron chi connectivity index (χ3n) is 2.55. The van der Waals surface area contributed by atoms with Crippen LogP contribution in [0.5, 0.6) is 0 Å². The van der Waals surface area contributed by atoms with Gasteiger partial charge in [0.15, 0.2) is 9.84 Å². The number of sulfone groups is 1. The van der Waals surface area contributed by atoms with Gasteiger partial charge in [-0.3, -0.25) is 0 Å². The molecule has 1 aromatic rings. The fourth-order valence-corrected chi connectivity index (χ4v) is 3.30. The lowest BCUT2D eigenvalue weighted by Crippen LogP contribution is -2.08. The van der Waals surface area contributed by atoms with Crippen molar-refractivity contribution in [1.82, 2.24) is 0 Å². The van der Waals surface area contributed by atoms with Crippen molar-refractivity contribution in [3.63, 3.8) is 0 Å². The number of hydrogen-bond acceptors (Lipinski definition) is 3. The zero-order valence-corrected chi connectivity index (χ0v) is 10.7. The van der Waals surface area contributed by atoms with Crippen LogP contribution in [-0.4, -0.2) is 14.2 Å². The fourth-order valence-electron chi connectivity index (χ4n) is 1.67. The zero-order valence-electron chi connectivity index (χ0n) is 9.86. The molecular weight excluding hydrogens is 222 g/mol. The van der Waals surface area contributed by atoms with Crippen LogP contribution in [0.3, 0.4) is 0 Å². The summed E-state index contributed by atoms with van der Waals surface area (Å²) >= 11 is 0. The average Bonchev–Trinajstić information content (AvgIpc) is 2.17. The summed E-state index contributed by atoms with van der Waals surface area (Å²) in [5.41, 5.74) is 6.93. The summed E-state index contributed by atoms with van der Waals surface area (Å²) in [6, 6.07) is 4.94. The molecule has 1 aromatic carbocycles. The van der Waals surface area contributed by atoms with Crippen LogP contribution in [-0.2, 0) is 9.84 Å². The molecule has 0 bridgehead atoms. The van der Waals surface area contributed by atoms with Crippen molar-refractivity contribution < 1.29 is 8.42 Å². The standard InChI is InChI=1S/C12H19NO2S/c1-3-4-5-8-16(14,15)12-7-6-11(13)9-10(12)2/h6-7,9H,3-5,8,13H2,1-2H3. The Labute approximate surface area is 97.6 Å². The normalized spacial score (nSPS) is 11.6. The quantitative estimate of drug-likeness (QED) is 0.636. The highest BCUT2D eigenvalue weighted by Crippen LogP contribution is 2.20. The lowest BCUT2D eigenvalue weighted by molar-refractivity contribution is 0.590. The van der Waals surface area contributed by atoms with Gasteiger partial charge in [0.1, 0.15) is 0 Å². The van der Waals surface area contributed by atoms with E-state index in [1.165, 1.54) is 0 Å². The van der Waals surface area contributed by atoms with Gasteiger partial charge in [0, 0.05) is 5.69 Å². The van der Waals surface area contributed by atoms with E-state index >= 15 is 0 Å². The molecule has 0 aliphatic rings. The average molecular weight is 241 g/mol. The van der Waals surface area contributed by atoms with Gasteiger partial charge in [-0.05, 0) is 37.1 Å². The maximum atomic E-state index is 12.0. The van der Waals surface area contributed by atoms with Gasteiger partial charge in [0.25, 0.3) is 0 Å². The van der Waals surface area contributed by atoms with Gasteiger partial charge < -0.3 is 5.73 Å². The molecule has 16 heavy (non-hydrogen) atoms. The minimum Gasteiger partial charge on any atom is -0.399 e. The van der Waals surface area contributed by atoms with Crippen LogP contribution in [0.15, 0.2) is 23.1 Å². The Balaban J connectivity index is 2.90. The summed E-state index contributed by atoms with van der Waals surface area (Å²) in [7, 11) is -3.14. The highest BCUT2D eigenvalue weighted by Gasteiger charge is 2.16. The van der Waals surface area contributed by atoms with Crippen LogP contribution < -0.4 is 5.73 Å². The second-order valence-electron chi connectivity index (χ2n) is 4.05. The first kappa shape index (κ1) is 13.0. The van der Waals surface area contributed by atoms with Gasteiger partial charge in [0.05, 0.1) is 10.6 Å². The molecule has 0 radical (unpaired) electrons. The van der Waals surface area contributed by atoms with Gasteiger partial charge in [0.2, 0.25) is 0 Å². The third-order valence-corrected chi connectivity index (χ3v) is 4.50. The lowest BCUT2D eigenvalue weighted by Gasteiger charge is -2.08. The summed E-state index contributed by atoms with van der Waals surface area (Å²) in [6.45, 7) is 3.84. The molecule has 0 unspecified atom stereocenters. The molecule has 0 saturated carbocycles. The Morgan fingerprint density at radius 2 is 1.94 bits per heavy atom. The second kappa shape index (κ2) is 5.34. The molecule has 1 rings (SSSR count). The molecular formula is C12H19NO2S. The molecule has 0 saturated heterocycles. The van der Waals surface area contributed by atoms with Crippen LogP contribution in [0.4, 0.5) is 5.69 Å². The number of nitrogens with two attached hydrogens (primary N) is 1. The van der Waals surface area contributed by atoms with Crippen molar-refractivity contribution >= 4 is 15.5 Å². The summed E-state index contributed by atoms with van der Waals surface area (Å²) in [5.74, 6) is 0.228.